The van der Waals surface area contributed by atoms with E-state index in [1.807, 2.05) is 0 Å². The maximum atomic E-state index is 12.2. The van der Waals surface area contributed by atoms with Crippen molar-refractivity contribution in [1.29, 1.82) is 0 Å². The van der Waals surface area contributed by atoms with Crippen LogP contribution < -0.4 is 5.73 Å². The predicted octanol–water partition coefficient (Wildman–Crippen LogP) is 2.12. The zero-order valence-electron chi connectivity index (χ0n) is 7.28. The van der Waals surface area contributed by atoms with Crippen molar-refractivity contribution >= 4 is 12.0 Å². The van der Waals surface area contributed by atoms with Gasteiger partial charge in [0.15, 0.2) is 0 Å². The molecule has 0 radical (unpaired) electrons. The maximum Gasteiger partial charge on any atom is 0.263 e. The van der Waals surface area contributed by atoms with Gasteiger partial charge in [0.05, 0.1) is 0 Å². The molecule has 1 aromatic carbocycles. The summed E-state index contributed by atoms with van der Waals surface area (Å²) in [7, 11) is 0. The third-order valence-corrected chi connectivity index (χ3v) is 1.60. The lowest BCUT2D eigenvalue weighted by Crippen LogP contribution is -2.05. The molecule has 1 amide bonds. The van der Waals surface area contributed by atoms with Crippen molar-refractivity contribution in [2.24, 2.45) is 5.73 Å². The Morgan fingerprint density at radius 1 is 1.43 bits per heavy atom. The fourth-order valence-corrected chi connectivity index (χ4v) is 0.977. The summed E-state index contributed by atoms with van der Waals surface area (Å²) in [6.45, 7) is 0. The van der Waals surface area contributed by atoms with Crippen LogP contribution >= 0.6 is 0 Å². The van der Waals surface area contributed by atoms with E-state index in [9.17, 15) is 13.6 Å². The number of benzene rings is 1. The average molecular weight is 197 g/mol. The van der Waals surface area contributed by atoms with E-state index in [2.05, 4.69) is 0 Å². The van der Waals surface area contributed by atoms with Gasteiger partial charge in [-0.15, -0.1) is 0 Å². The molecule has 0 aliphatic rings. The van der Waals surface area contributed by atoms with Crippen molar-refractivity contribution < 1.29 is 13.6 Å². The number of halogens is 2. The van der Waals surface area contributed by atoms with Crippen molar-refractivity contribution in [2.75, 3.05) is 0 Å². The molecule has 0 heterocycles. The number of alkyl halides is 2. The van der Waals surface area contributed by atoms with Crippen LogP contribution in [0.15, 0.2) is 30.3 Å². The van der Waals surface area contributed by atoms with Crippen LogP contribution in [0.25, 0.3) is 6.08 Å². The van der Waals surface area contributed by atoms with Crippen LogP contribution in [-0.4, -0.2) is 5.91 Å². The lowest BCUT2D eigenvalue weighted by Gasteiger charge is -1.99. The highest BCUT2D eigenvalue weighted by molar-refractivity contribution is 5.90. The summed E-state index contributed by atoms with van der Waals surface area (Å²) in [4.78, 5) is 10.4. The molecule has 0 bridgehead atoms. The Hall–Kier alpha value is -1.71. The fourth-order valence-electron chi connectivity index (χ4n) is 0.977. The first-order valence-corrected chi connectivity index (χ1v) is 3.95. The smallest absolute Gasteiger partial charge is 0.263 e. The minimum Gasteiger partial charge on any atom is -0.366 e. The molecular formula is C10H9F2NO. The molecular weight excluding hydrogens is 188 g/mol. The number of hydrogen-bond acceptors (Lipinski definition) is 1. The molecule has 0 saturated carbocycles. The quantitative estimate of drug-likeness (QED) is 0.741. The van der Waals surface area contributed by atoms with E-state index in [4.69, 9.17) is 5.73 Å². The zero-order chi connectivity index (χ0) is 10.6. The van der Waals surface area contributed by atoms with Gasteiger partial charge in [-0.05, 0) is 17.7 Å². The highest BCUT2D eigenvalue weighted by Gasteiger charge is 2.05. The number of carbonyl (C=O) groups is 1. The first kappa shape index (κ1) is 10.4. The normalized spacial score (nSPS) is 11.1. The van der Waals surface area contributed by atoms with E-state index in [1.54, 1.807) is 6.07 Å². The molecule has 74 valence electrons. The maximum absolute atomic E-state index is 12.2. The number of hydrogen-bond donors (Lipinski definition) is 1. The molecule has 14 heavy (non-hydrogen) atoms. The van der Waals surface area contributed by atoms with Gasteiger partial charge in [-0.3, -0.25) is 4.79 Å². The van der Waals surface area contributed by atoms with Crippen LogP contribution in [0.1, 0.15) is 17.6 Å². The number of carbonyl (C=O) groups excluding carboxylic acids is 1. The summed E-state index contributed by atoms with van der Waals surface area (Å²) in [5.74, 6) is -0.604. The topological polar surface area (TPSA) is 43.1 Å². The largest absolute Gasteiger partial charge is 0.366 e. The van der Waals surface area contributed by atoms with Gasteiger partial charge < -0.3 is 5.73 Å². The van der Waals surface area contributed by atoms with Crippen molar-refractivity contribution in [2.45, 2.75) is 6.43 Å². The van der Waals surface area contributed by atoms with Crippen LogP contribution in [0.5, 0.6) is 0 Å². The Morgan fingerprint density at radius 3 is 2.71 bits per heavy atom. The molecule has 0 fully saturated rings. The summed E-state index contributed by atoms with van der Waals surface area (Å²) >= 11 is 0. The molecule has 2 nitrogen and oxygen atoms in total. The lowest BCUT2D eigenvalue weighted by atomic mass is 10.1. The minimum atomic E-state index is -2.50. The minimum absolute atomic E-state index is 0.0726. The van der Waals surface area contributed by atoms with E-state index in [0.29, 0.717) is 5.56 Å². The first-order valence-electron chi connectivity index (χ1n) is 3.95. The summed E-state index contributed by atoms with van der Waals surface area (Å²) in [6, 6.07) is 5.75. The van der Waals surface area contributed by atoms with Gasteiger partial charge in [-0.1, -0.05) is 18.2 Å². The zero-order valence-corrected chi connectivity index (χ0v) is 7.28. The van der Waals surface area contributed by atoms with Crippen LogP contribution in [0.3, 0.4) is 0 Å². The highest BCUT2D eigenvalue weighted by atomic mass is 19.3. The van der Waals surface area contributed by atoms with E-state index in [0.717, 1.165) is 6.08 Å². The molecule has 0 aliphatic heterocycles. The van der Waals surface area contributed by atoms with Crippen molar-refractivity contribution in [3.05, 3.63) is 41.5 Å². The van der Waals surface area contributed by atoms with Gasteiger partial charge >= 0.3 is 0 Å². The first-order chi connectivity index (χ1) is 6.59. The second-order valence-corrected chi connectivity index (χ2v) is 2.71. The Labute approximate surface area is 80.0 Å². The standard InChI is InChI=1S/C10H9F2NO/c11-10(12)8-3-1-2-7(6-8)4-5-9(13)14/h1-6,10H,(H2,13,14). The Bertz CT molecular complexity index is 361. The fraction of sp³-hybridized carbons (Fsp3) is 0.100. The van der Waals surface area contributed by atoms with Crippen LogP contribution in [0.2, 0.25) is 0 Å². The van der Waals surface area contributed by atoms with Gasteiger partial charge in [0.1, 0.15) is 0 Å². The van der Waals surface area contributed by atoms with Gasteiger partial charge in [-0.2, -0.15) is 0 Å². The van der Waals surface area contributed by atoms with Crippen LogP contribution in [0.4, 0.5) is 8.78 Å². The van der Waals surface area contributed by atoms with Crippen LogP contribution in [-0.2, 0) is 4.79 Å². The average Bonchev–Trinajstić information content (AvgIpc) is 2.15. The highest BCUT2D eigenvalue weighted by Crippen LogP contribution is 2.19. The number of nitrogens with two attached hydrogens (primary N) is 1. The van der Waals surface area contributed by atoms with Gasteiger partial charge in [0, 0.05) is 11.6 Å². The molecule has 2 N–H and O–H groups in total. The second-order valence-electron chi connectivity index (χ2n) is 2.71. The molecule has 0 spiro atoms. The summed E-state index contributed by atoms with van der Waals surface area (Å²) in [5.41, 5.74) is 5.32. The summed E-state index contributed by atoms with van der Waals surface area (Å²) < 4.78 is 24.5. The van der Waals surface area contributed by atoms with E-state index in [-0.39, 0.29) is 5.56 Å². The SMILES string of the molecule is NC(=O)C=Cc1cccc(C(F)F)c1. The number of primary amides is 1. The summed E-state index contributed by atoms with van der Waals surface area (Å²) in [6.07, 6.45) is 0.0237. The second kappa shape index (κ2) is 4.50. The number of amides is 1. The van der Waals surface area contributed by atoms with E-state index < -0.39 is 12.3 Å². The molecule has 0 atom stereocenters. The molecule has 4 heteroatoms. The van der Waals surface area contributed by atoms with Crippen molar-refractivity contribution in [1.82, 2.24) is 0 Å². The molecule has 0 unspecified atom stereocenters. The molecule has 1 aromatic rings. The molecule has 0 saturated heterocycles. The van der Waals surface area contributed by atoms with Crippen molar-refractivity contribution in [3.8, 4) is 0 Å². The summed E-state index contributed by atoms with van der Waals surface area (Å²) in [5, 5.41) is 0. The molecule has 0 aromatic heterocycles. The van der Waals surface area contributed by atoms with E-state index in [1.165, 1.54) is 24.3 Å². The Morgan fingerprint density at radius 2 is 2.14 bits per heavy atom. The third-order valence-electron chi connectivity index (χ3n) is 1.60. The number of rotatable bonds is 3. The predicted molar refractivity (Wildman–Crippen MR) is 49.6 cm³/mol. The monoisotopic (exact) mass is 197 g/mol. The van der Waals surface area contributed by atoms with Crippen LogP contribution in [0, 0.1) is 0 Å². The van der Waals surface area contributed by atoms with E-state index >= 15 is 0 Å². The van der Waals surface area contributed by atoms with Gasteiger partial charge in [0.2, 0.25) is 5.91 Å². The van der Waals surface area contributed by atoms with Gasteiger partial charge in [0.25, 0.3) is 6.43 Å². The Balaban J connectivity index is 2.89. The van der Waals surface area contributed by atoms with Crippen molar-refractivity contribution in [3.63, 3.8) is 0 Å². The van der Waals surface area contributed by atoms with Gasteiger partial charge in [-0.25, -0.2) is 8.78 Å². The lowest BCUT2D eigenvalue weighted by molar-refractivity contribution is -0.113. The Kier molecular flexibility index (Phi) is 3.34. The molecule has 0 aliphatic carbocycles. The third kappa shape index (κ3) is 2.97. The molecule has 1 rings (SSSR count).